The van der Waals surface area contributed by atoms with Crippen molar-refractivity contribution in [1.82, 2.24) is 19.1 Å². The van der Waals surface area contributed by atoms with Crippen LogP contribution in [0.25, 0.3) is 10.8 Å². The van der Waals surface area contributed by atoms with Gasteiger partial charge < -0.3 is 19.6 Å². The number of likely N-dealkylation sites (N-methyl/N-ethyl adjacent to an activating group) is 1. The minimum atomic E-state index is -3.92. The summed E-state index contributed by atoms with van der Waals surface area (Å²) in [5.74, 6) is 0.697. The van der Waals surface area contributed by atoms with Crippen molar-refractivity contribution in [3.05, 3.63) is 102 Å². The number of para-hydroxylation sites is 1. The van der Waals surface area contributed by atoms with E-state index in [0.29, 0.717) is 24.1 Å². The summed E-state index contributed by atoms with van der Waals surface area (Å²) >= 11 is 0. The third kappa shape index (κ3) is 8.03. The molecule has 0 aliphatic carbocycles. The van der Waals surface area contributed by atoms with Gasteiger partial charge >= 0.3 is 6.09 Å². The number of carboxylic acid groups (broad SMARTS) is 1. The molecule has 0 aliphatic rings. The van der Waals surface area contributed by atoms with E-state index in [-0.39, 0.29) is 37.7 Å². The summed E-state index contributed by atoms with van der Waals surface area (Å²) in [7, 11) is -0.184. The van der Waals surface area contributed by atoms with Gasteiger partial charge in [0.05, 0.1) is 11.4 Å². The number of hydrogen-bond donors (Lipinski definition) is 1. The third-order valence-electron chi connectivity index (χ3n) is 6.77. The molecule has 216 valence electrons. The Balaban J connectivity index is 1.45. The number of rotatable bonds is 14. The SMILES string of the molecule is CN(C)CCN(CCN(CCOc1ccccc1Cc1ccccc1)C(=O)O)S(=O)(=O)c1cccc2cnccc12. The number of pyridine rings is 1. The Morgan fingerprint density at radius 1 is 0.854 bits per heavy atom. The summed E-state index contributed by atoms with van der Waals surface area (Å²) in [5, 5.41) is 11.2. The normalized spacial score (nSPS) is 11.7. The van der Waals surface area contributed by atoms with Crippen LogP contribution in [0.1, 0.15) is 11.1 Å². The maximum absolute atomic E-state index is 13.8. The highest BCUT2D eigenvalue weighted by Crippen LogP contribution is 2.25. The van der Waals surface area contributed by atoms with Gasteiger partial charge in [0.1, 0.15) is 12.4 Å². The molecule has 4 rings (SSSR count). The monoisotopic (exact) mass is 576 g/mol. The van der Waals surface area contributed by atoms with Crippen LogP contribution in [-0.4, -0.2) is 92.1 Å². The van der Waals surface area contributed by atoms with Crippen molar-refractivity contribution < 1.29 is 23.1 Å². The summed E-state index contributed by atoms with van der Waals surface area (Å²) in [6.07, 6.45) is 2.76. The van der Waals surface area contributed by atoms with Crippen LogP contribution in [-0.2, 0) is 16.4 Å². The average molecular weight is 577 g/mol. The fraction of sp³-hybridized carbons (Fsp3) is 0.290. The molecule has 0 saturated heterocycles. The Morgan fingerprint density at radius 2 is 1.59 bits per heavy atom. The van der Waals surface area contributed by atoms with Gasteiger partial charge in [-0.3, -0.25) is 4.98 Å². The quantitative estimate of drug-likeness (QED) is 0.237. The highest BCUT2D eigenvalue weighted by Gasteiger charge is 2.27. The lowest BCUT2D eigenvalue weighted by atomic mass is 10.0. The minimum Gasteiger partial charge on any atom is -0.491 e. The second-order valence-electron chi connectivity index (χ2n) is 9.95. The lowest BCUT2D eigenvalue weighted by molar-refractivity contribution is 0.132. The first-order valence-corrected chi connectivity index (χ1v) is 14.9. The van der Waals surface area contributed by atoms with Crippen LogP contribution in [0, 0.1) is 0 Å². The van der Waals surface area contributed by atoms with Crippen LogP contribution in [0.5, 0.6) is 5.75 Å². The predicted molar refractivity (Wildman–Crippen MR) is 160 cm³/mol. The van der Waals surface area contributed by atoms with Crippen molar-refractivity contribution in [1.29, 1.82) is 0 Å². The van der Waals surface area contributed by atoms with Gasteiger partial charge in [0.2, 0.25) is 10.0 Å². The van der Waals surface area contributed by atoms with Crippen molar-refractivity contribution in [3.8, 4) is 5.75 Å². The summed E-state index contributed by atoms with van der Waals surface area (Å²) in [6.45, 7) is 0.945. The largest absolute Gasteiger partial charge is 0.491 e. The highest BCUT2D eigenvalue weighted by atomic mass is 32.2. The number of benzene rings is 3. The molecular formula is C31H36N4O5S. The van der Waals surface area contributed by atoms with Crippen LogP contribution >= 0.6 is 0 Å². The predicted octanol–water partition coefficient (Wildman–Crippen LogP) is 4.44. The number of ether oxygens (including phenoxy) is 1. The lowest BCUT2D eigenvalue weighted by Crippen LogP contribution is -2.44. The fourth-order valence-electron chi connectivity index (χ4n) is 4.53. The number of hydrogen-bond acceptors (Lipinski definition) is 6. The first-order chi connectivity index (χ1) is 19.8. The summed E-state index contributed by atoms with van der Waals surface area (Å²) in [4.78, 5) is 19.5. The molecule has 0 fully saturated rings. The molecule has 9 nitrogen and oxygen atoms in total. The number of aromatic nitrogens is 1. The van der Waals surface area contributed by atoms with Crippen LogP contribution in [0.15, 0.2) is 96.2 Å². The van der Waals surface area contributed by atoms with Crippen LogP contribution in [0.3, 0.4) is 0 Å². The maximum Gasteiger partial charge on any atom is 0.407 e. The molecule has 1 heterocycles. The Morgan fingerprint density at radius 3 is 2.34 bits per heavy atom. The second-order valence-corrected chi connectivity index (χ2v) is 11.9. The lowest BCUT2D eigenvalue weighted by Gasteiger charge is -2.27. The van der Waals surface area contributed by atoms with Gasteiger partial charge in [-0.05, 0) is 43.4 Å². The zero-order valence-corrected chi connectivity index (χ0v) is 24.2. The van der Waals surface area contributed by atoms with E-state index < -0.39 is 16.1 Å². The molecule has 0 atom stereocenters. The van der Waals surface area contributed by atoms with Gasteiger partial charge in [0, 0.05) is 55.8 Å². The van der Waals surface area contributed by atoms with Crippen LogP contribution < -0.4 is 4.74 Å². The molecule has 4 aromatic rings. The van der Waals surface area contributed by atoms with E-state index in [4.69, 9.17) is 4.74 Å². The molecule has 0 spiro atoms. The molecule has 10 heteroatoms. The van der Waals surface area contributed by atoms with E-state index in [1.54, 1.807) is 30.6 Å². The number of fused-ring (bicyclic) bond motifs is 1. The summed E-state index contributed by atoms with van der Waals surface area (Å²) < 4.78 is 35.0. The molecule has 0 radical (unpaired) electrons. The molecule has 0 unspecified atom stereocenters. The Labute approximate surface area is 241 Å². The second kappa shape index (κ2) is 14.1. The van der Waals surface area contributed by atoms with Crippen LogP contribution in [0.4, 0.5) is 4.79 Å². The summed E-state index contributed by atoms with van der Waals surface area (Å²) in [5.41, 5.74) is 2.16. The minimum absolute atomic E-state index is 0.00331. The van der Waals surface area contributed by atoms with Crippen molar-refractivity contribution in [3.63, 3.8) is 0 Å². The zero-order valence-electron chi connectivity index (χ0n) is 23.4. The first kappa shape index (κ1) is 30.0. The number of nitrogens with zero attached hydrogens (tertiary/aromatic N) is 4. The number of carbonyl (C=O) groups is 1. The van der Waals surface area contributed by atoms with Gasteiger partial charge in [0.25, 0.3) is 0 Å². The molecule has 1 aromatic heterocycles. The van der Waals surface area contributed by atoms with Gasteiger partial charge in [-0.2, -0.15) is 4.31 Å². The smallest absolute Gasteiger partial charge is 0.407 e. The van der Waals surface area contributed by atoms with Crippen molar-refractivity contribution >= 4 is 26.9 Å². The zero-order chi connectivity index (χ0) is 29.2. The molecule has 0 saturated carbocycles. The number of sulfonamides is 1. The molecule has 1 N–H and O–H groups in total. The molecular weight excluding hydrogens is 540 g/mol. The molecule has 1 amide bonds. The van der Waals surface area contributed by atoms with E-state index in [2.05, 4.69) is 4.98 Å². The Bertz CT molecular complexity index is 1540. The molecule has 0 aliphatic heterocycles. The van der Waals surface area contributed by atoms with Crippen LogP contribution in [0.2, 0.25) is 0 Å². The van der Waals surface area contributed by atoms with E-state index in [1.807, 2.05) is 79.7 Å². The van der Waals surface area contributed by atoms with E-state index >= 15 is 0 Å². The standard InChI is InChI=1S/C31H36N4O5S/c1-33(2)17-19-35(41(38,39)30-14-8-12-27-24-32-16-15-28(27)30)20-18-34(31(36)37)21-22-40-29-13-7-6-11-26(29)23-25-9-4-3-5-10-25/h3-16,24H,17-23H2,1-2H3,(H,36,37). The van der Waals surface area contributed by atoms with Gasteiger partial charge in [-0.25, -0.2) is 13.2 Å². The number of amides is 1. The van der Waals surface area contributed by atoms with Gasteiger partial charge in [0.15, 0.2) is 0 Å². The van der Waals surface area contributed by atoms with Crippen molar-refractivity contribution in [2.75, 3.05) is 53.4 Å². The molecule has 3 aromatic carbocycles. The Kier molecular flexibility index (Phi) is 10.3. The average Bonchev–Trinajstić information content (AvgIpc) is 2.96. The van der Waals surface area contributed by atoms with E-state index in [9.17, 15) is 18.3 Å². The molecule has 41 heavy (non-hydrogen) atoms. The first-order valence-electron chi connectivity index (χ1n) is 13.5. The van der Waals surface area contributed by atoms with Gasteiger partial charge in [-0.1, -0.05) is 60.7 Å². The third-order valence-corrected chi connectivity index (χ3v) is 8.73. The molecule has 0 bridgehead atoms. The van der Waals surface area contributed by atoms with E-state index in [1.165, 1.54) is 9.21 Å². The van der Waals surface area contributed by atoms with E-state index in [0.717, 1.165) is 16.5 Å². The van der Waals surface area contributed by atoms with Crippen molar-refractivity contribution in [2.45, 2.75) is 11.3 Å². The highest BCUT2D eigenvalue weighted by molar-refractivity contribution is 7.89. The fourth-order valence-corrected chi connectivity index (χ4v) is 6.16. The topological polar surface area (TPSA) is 103 Å². The van der Waals surface area contributed by atoms with Gasteiger partial charge in [-0.15, -0.1) is 0 Å². The van der Waals surface area contributed by atoms with Crippen molar-refractivity contribution in [2.24, 2.45) is 0 Å². The summed E-state index contributed by atoms with van der Waals surface area (Å²) in [6, 6.07) is 24.5. The Hall–Kier alpha value is -3.99. The maximum atomic E-state index is 13.8.